The van der Waals surface area contributed by atoms with E-state index in [2.05, 4.69) is 12.6 Å². The van der Waals surface area contributed by atoms with Crippen molar-refractivity contribution in [1.82, 2.24) is 0 Å². The second-order valence-electron chi connectivity index (χ2n) is 4.82. The van der Waals surface area contributed by atoms with E-state index >= 15 is 0 Å². The van der Waals surface area contributed by atoms with E-state index in [0.29, 0.717) is 5.75 Å². The Hall–Kier alpha value is -1.35. The molecule has 0 bridgehead atoms. The maximum absolute atomic E-state index is 12.9. The molecule has 0 saturated heterocycles. The molecule has 0 spiro atoms. The van der Waals surface area contributed by atoms with Gasteiger partial charge >= 0.3 is 6.18 Å². The third-order valence-electron chi connectivity index (χ3n) is 3.04. The molecule has 1 rings (SSSR count). The van der Waals surface area contributed by atoms with Crippen LogP contribution < -0.4 is 4.74 Å². The van der Waals surface area contributed by atoms with Crippen LogP contribution in [0, 0.1) is 23.2 Å². The van der Waals surface area contributed by atoms with Crippen molar-refractivity contribution in [3.8, 4) is 11.8 Å². The van der Waals surface area contributed by atoms with Gasteiger partial charge in [-0.15, -0.1) is 0 Å². The predicted molar refractivity (Wildman–Crippen MR) is 73.8 cm³/mol. The van der Waals surface area contributed by atoms with Crippen LogP contribution in [-0.2, 0) is 6.18 Å². The third-order valence-corrected chi connectivity index (χ3v) is 3.51. The molecule has 20 heavy (non-hydrogen) atoms. The third kappa shape index (κ3) is 4.34. The highest BCUT2D eigenvalue weighted by Gasteiger charge is 2.35. The molecule has 0 radical (unpaired) electrons. The first kappa shape index (κ1) is 16.7. The molecule has 0 saturated carbocycles. The van der Waals surface area contributed by atoms with Crippen molar-refractivity contribution in [1.29, 1.82) is 5.26 Å². The first-order valence-corrected chi connectivity index (χ1v) is 6.77. The number of ether oxygens (including phenoxy) is 1. The van der Waals surface area contributed by atoms with Crippen molar-refractivity contribution in [2.45, 2.75) is 20.0 Å². The largest absolute Gasteiger partial charge is 0.493 e. The van der Waals surface area contributed by atoms with E-state index in [1.807, 2.05) is 13.8 Å². The Morgan fingerprint density at radius 3 is 2.45 bits per heavy atom. The highest BCUT2D eigenvalue weighted by Crippen LogP contribution is 2.37. The smallest absolute Gasteiger partial charge is 0.420 e. The van der Waals surface area contributed by atoms with Gasteiger partial charge in [-0.05, 0) is 29.9 Å². The summed E-state index contributed by atoms with van der Waals surface area (Å²) in [6, 6.07) is 5.01. The second kappa shape index (κ2) is 6.89. The van der Waals surface area contributed by atoms with Crippen LogP contribution in [0.5, 0.6) is 5.75 Å². The number of rotatable bonds is 5. The molecule has 6 heteroatoms. The van der Waals surface area contributed by atoms with Crippen molar-refractivity contribution in [2.75, 3.05) is 12.4 Å². The summed E-state index contributed by atoms with van der Waals surface area (Å²) in [5, 5.41) is 8.68. The highest BCUT2D eigenvalue weighted by atomic mass is 32.1. The quantitative estimate of drug-likeness (QED) is 0.829. The van der Waals surface area contributed by atoms with Gasteiger partial charge < -0.3 is 4.74 Å². The topological polar surface area (TPSA) is 33.0 Å². The van der Waals surface area contributed by atoms with Crippen LogP contribution in [0.4, 0.5) is 13.2 Å². The lowest BCUT2D eigenvalue weighted by Gasteiger charge is -2.21. The number of benzene rings is 1. The Balaban J connectivity index is 2.98. The van der Waals surface area contributed by atoms with E-state index in [1.165, 1.54) is 12.1 Å². The van der Waals surface area contributed by atoms with Crippen LogP contribution in [0.25, 0.3) is 0 Å². The van der Waals surface area contributed by atoms with Gasteiger partial charge in [-0.3, -0.25) is 0 Å². The molecule has 0 amide bonds. The first-order valence-electron chi connectivity index (χ1n) is 6.14. The summed E-state index contributed by atoms with van der Waals surface area (Å²) in [5.74, 6) is 0.620. The lowest BCUT2D eigenvalue weighted by atomic mass is 9.99. The van der Waals surface area contributed by atoms with Gasteiger partial charge in [0.25, 0.3) is 0 Å². The molecule has 0 aromatic heterocycles. The molecule has 0 aliphatic rings. The average molecular weight is 303 g/mol. The molecule has 0 heterocycles. The minimum absolute atomic E-state index is 0.0423. The van der Waals surface area contributed by atoms with E-state index in [1.54, 1.807) is 6.07 Å². The summed E-state index contributed by atoms with van der Waals surface area (Å²) in [5.41, 5.74) is -0.961. The fourth-order valence-corrected chi connectivity index (χ4v) is 2.13. The van der Waals surface area contributed by atoms with Crippen molar-refractivity contribution in [3.63, 3.8) is 0 Å². The predicted octanol–water partition coefficient (Wildman–Crippen LogP) is 4.16. The van der Waals surface area contributed by atoms with E-state index in [9.17, 15) is 13.2 Å². The van der Waals surface area contributed by atoms with Gasteiger partial charge in [0.15, 0.2) is 0 Å². The Labute approximate surface area is 122 Å². The second-order valence-corrected chi connectivity index (χ2v) is 5.18. The van der Waals surface area contributed by atoms with Crippen LogP contribution in [-0.4, -0.2) is 12.4 Å². The lowest BCUT2D eigenvalue weighted by molar-refractivity contribution is -0.139. The summed E-state index contributed by atoms with van der Waals surface area (Å²) in [6.07, 6.45) is -4.55. The normalized spacial score (nSPS) is 13.1. The average Bonchev–Trinajstić information content (AvgIpc) is 2.38. The Morgan fingerprint density at radius 2 is 2.00 bits per heavy atom. The van der Waals surface area contributed by atoms with Gasteiger partial charge in [0.2, 0.25) is 0 Å². The van der Waals surface area contributed by atoms with Crippen molar-refractivity contribution in [3.05, 3.63) is 29.3 Å². The molecular weight excluding hydrogens is 287 g/mol. The molecule has 1 unspecified atom stereocenters. The number of nitrogens with zero attached hydrogens (tertiary/aromatic N) is 1. The van der Waals surface area contributed by atoms with E-state index in [4.69, 9.17) is 10.00 Å². The number of nitriles is 1. The van der Waals surface area contributed by atoms with Crippen LogP contribution in [0.1, 0.15) is 25.0 Å². The van der Waals surface area contributed by atoms with Crippen molar-refractivity contribution >= 4 is 12.6 Å². The maximum Gasteiger partial charge on any atom is 0.420 e. The fraction of sp³-hybridized carbons (Fsp3) is 0.500. The fourth-order valence-electron chi connectivity index (χ4n) is 1.60. The van der Waals surface area contributed by atoms with Gasteiger partial charge in [-0.25, -0.2) is 0 Å². The monoisotopic (exact) mass is 303 g/mol. The number of hydrogen-bond acceptors (Lipinski definition) is 3. The molecule has 0 aliphatic heterocycles. The summed E-state index contributed by atoms with van der Waals surface area (Å²) >= 11 is 4.17. The zero-order valence-electron chi connectivity index (χ0n) is 11.2. The summed E-state index contributed by atoms with van der Waals surface area (Å²) < 4.78 is 44.1. The van der Waals surface area contributed by atoms with Crippen LogP contribution in [0.2, 0.25) is 0 Å². The van der Waals surface area contributed by atoms with Gasteiger partial charge in [0, 0.05) is 5.92 Å². The minimum atomic E-state index is -4.55. The Bertz CT molecular complexity index is 494. The van der Waals surface area contributed by atoms with Gasteiger partial charge in [-0.2, -0.15) is 31.1 Å². The van der Waals surface area contributed by atoms with Crippen LogP contribution >= 0.6 is 12.6 Å². The zero-order chi connectivity index (χ0) is 15.3. The number of alkyl halides is 3. The lowest BCUT2D eigenvalue weighted by Crippen LogP contribution is -2.20. The van der Waals surface area contributed by atoms with Crippen LogP contribution in [0.3, 0.4) is 0 Å². The number of halogens is 3. The SMILES string of the molecule is CC(C)C(CS)COc1ccc(C#N)cc1C(F)(F)F. The van der Waals surface area contributed by atoms with Gasteiger partial charge in [0.05, 0.1) is 23.8 Å². The molecule has 0 N–H and O–H groups in total. The van der Waals surface area contributed by atoms with Crippen molar-refractivity contribution < 1.29 is 17.9 Å². The summed E-state index contributed by atoms with van der Waals surface area (Å²) in [7, 11) is 0. The standard InChI is InChI=1S/C14H16F3NOS/c1-9(2)11(8-20)7-19-13-4-3-10(6-18)5-12(13)14(15,16)17/h3-5,9,11,20H,7-8H2,1-2H3. The number of thiol groups is 1. The first-order chi connectivity index (χ1) is 9.29. The van der Waals surface area contributed by atoms with Gasteiger partial charge in [-0.1, -0.05) is 13.8 Å². The van der Waals surface area contributed by atoms with Crippen molar-refractivity contribution in [2.24, 2.45) is 11.8 Å². The summed E-state index contributed by atoms with van der Waals surface area (Å²) in [4.78, 5) is 0. The van der Waals surface area contributed by atoms with Crippen LogP contribution in [0.15, 0.2) is 18.2 Å². The number of hydrogen-bond donors (Lipinski definition) is 1. The minimum Gasteiger partial charge on any atom is -0.493 e. The Kier molecular flexibility index (Phi) is 5.75. The molecule has 0 fully saturated rings. The van der Waals surface area contributed by atoms with E-state index in [0.717, 1.165) is 6.07 Å². The molecular formula is C14H16F3NOS. The zero-order valence-corrected chi connectivity index (χ0v) is 12.1. The molecule has 1 aromatic rings. The summed E-state index contributed by atoms with van der Waals surface area (Å²) in [6.45, 7) is 4.09. The molecule has 1 atom stereocenters. The molecule has 0 aliphatic carbocycles. The molecule has 1 aromatic carbocycles. The Morgan fingerprint density at radius 1 is 1.35 bits per heavy atom. The van der Waals surface area contributed by atoms with E-state index in [-0.39, 0.29) is 29.8 Å². The molecule has 110 valence electrons. The molecule has 2 nitrogen and oxygen atoms in total. The maximum atomic E-state index is 12.9. The van der Waals surface area contributed by atoms with E-state index < -0.39 is 11.7 Å². The highest BCUT2D eigenvalue weighted by molar-refractivity contribution is 7.80. The van der Waals surface area contributed by atoms with Gasteiger partial charge in [0.1, 0.15) is 5.75 Å².